The zero-order valence-electron chi connectivity index (χ0n) is 15.3. The Morgan fingerprint density at radius 1 is 1.04 bits per heavy atom. The first kappa shape index (κ1) is 17.6. The number of benzene rings is 2. The molecule has 28 heavy (non-hydrogen) atoms. The number of hydrogen-bond donors (Lipinski definition) is 1. The summed E-state index contributed by atoms with van der Waals surface area (Å²) in [5.41, 5.74) is 3.98. The average molecular weight is 370 g/mol. The molecule has 2 heterocycles. The van der Waals surface area contributed by atoms with Crippen molar-refractivity contribution in [1.29, 1.82) is 0 Å². The van der Waals surface area contributed by atoms with Crippen LogP contribution in [0.3, 0.4) is 0 Å². The lowest BCUT2D eigenvalue weighted by Gasteiger charge is -2.11. The minimum absolute atomic E-state index is 0.146. The summed E-state index contributed by atoms with van der Waals surface area (Å²) < 4.78 is 5.39. The van der Waals surface area contributed by atoms with Gasteiger partial charge < -0.3 is 9.84 Å². The van der Waals surface area contributed by atoms with E-state index in [2.05, 4.69) is 20.4 Å². The highest BCUT2D eigenvalue weighted by Gasteiger charge is 2.14. The predicted octanol–water partition coefficient (Wildman–Crippen LogP) is 4.28. The van der Waals surface area contributed by atoms with Crippen molar-refractivity contribution in [1.82, 2.24) is 15.1 Å². The summed E-state index contributed by atoms with van der Waals surface area (Å²) in [5, 5.41) is 7.01. The summed E-state index contributed by atoms with van der Waals surface area (Å²) in [5.74, 6) is 0.813. The average Bonchev–Trinajstić information content (AvgIpc) is 3.19. The van der Waals surface area contributed by atoms with Gasteiger partial charge in [0.25, 0.3) is 5.91 Å². The Labute approximate surface area is 162 Å². The molecule has 0 bridgehead atoms. The van der Waals surface area contributed by atoms with Gasteiger partial charge in [0, 0.05) is 29.2 Å². The number of rotatable bonds is 5. The number of aryl methyl sites for hydroxylation is 1. The fourth-order valence-electron chi connectivity index (χ4n) is 2.92. The first-order chi connectivity index (χ1) is 13.7. The molecular weight excluding hydrogens is 352 g/mol. The monoisotopic (exact) mass is 370 g/mol. The van der Waals surface area contributed by atoms with Gasteiger partial charge in [-0.3, -0.25) is 9.78 Å². The smallest absolute Gasteiger partial charge is 0.255 e. The van der Waals surface area contributed by atoms with E-state index in [0.717, 1.165) is 22.4 Å². The van der Waals surface area contributed by atoms with Gasteiger partial charge in [-0.25, -0.2) is 0 Å². The molecule has 6 heteroatoms. The van der Waals surface area contributed by atoms with Crippen LogP contribution in [-0.2, 0) is 6.42 Å². The summed E-state index contributed by atoms with van der Waals surface area (Å²) in [6, 6.07) is 18.8. The number of amides is 1. The zero-order chi connectivity index (χ0) is 19.3. The van der Waals surface area contributed by atoms with Crippen molar-refractivity contribution in [3.63, 3.8) is 0 Å². The maximum atomic E-state index is 12.7. The highest BCUT2D eigenvalue weighted by atomic mass is 16.5. The number of para-hydroxylation sites is 1. The Morgan fingerprint density at radius 2 is 1.86 bits per heavy atom. The SMILES string of the molecule is Cc1ccccc1C(=O)Nc1ccccc1Cc1nc(-c2cccnc2)no1. The minimum Gasteiger partial charge on any atom is -0.339 e. The second-order valence-corrected chi connectivity index (χ2v) is 6.36. The maximum Gasteiger partial charge on any atom is 0.255 e. The van der Waals surface area contributed by atoms with Crippen molar-refractivity contribution in [2.45, 2.75) is 13.3 Å². The molecule has 2 aromatic carbocycles. The van der Waals surface area contributed by atoms with Gasteiger partial charge in [0.15, 0.2) is 0 Å². The van der Waals surface area contributed by atoms with E-state index in [4.69, 9.17) is 4.52 Å². The lowest BCUT2D eigenvalue weighted by atomic mass is 10.1. The molecule has 0 aliphatic carbocycles. The Kier molecular flexibility index (Phi) is 4.93. The van der Waals surface area contributed by atoms with Crippen LogP contribution < -0.4 is 5.32 Å². The van der Waals surface area contributed by atoms with Crippen LogP contribution in [0, 0.1) is 6.92 Å². The Morgan fingerprint density at radius 3 is 2.68 bits per heavy atom. The Hall–Kier alpha value is -3.80. The molecule has 0 unspecified atom stereocenters. The van der Waals surface area contributed by atoms with Gasteiger partial charge in [0.05, 0.1) is 6.42 Å². The van der Waals surface area contributed by atoms with Gasteiger partial charge in [0.2, 0.25) is 11.7 Å². The Balaban J connectivity index is 1.55. The molecule has 0 aliphatic rings. The number of anilines is 1. The molecule has 6 nitrogen and oxygen atoms in total. The van der Waals surface area contributed by atoms with Crippen LogP contribution in [0.15, 0.2) is 77.6 Å². The number of carbonyl (C=O) groups excluding carboxylic acids is 1. The molecule has 4 aromatic rings. The molecule has 138 valence electrons. The van der Waals surface area contributed by atoms with Crippen LogP contribution in [0.25, 0.3) is 11.4 Å². The topological polar surface area (TPSA) is 80.9 Å². The Bertz CT molecular complexity index is 1110. The minimum atomic E-state index is -0.146. The van der Waals surface area contributed by atoms with Gasteiger partial charge in [-0.1, -0.05) is 41.6 Å². The van der Waals surface area contributed by atoms with Crippen LogP contribution in [-0.4, -0.2) is 21.0 Å². The molecule has 0 fully saturated rings. The van der Waals surface area contributed by atoms with E-state index in [1.165, 1.54) is 0 Å². The van der Waals surface area contributed by atoms with Crippen LogP contribution in [0.2, 0.25) is 0 Å². The number of pyridine rings is 1. The summed E-state index contributed by atoms with van der Waals surface area (Å²) in [6.07, 6.45) is 3.79. The van der Waals surface area contributed by atoms with Crippen LogP contribution >= 0.6 is 0 Å². The number of carbonyl (C=O) groups is 1. The molecule has 0 atom stereocenters. The van der Waals surface area contributed by atoms with Crippen molar-refractivity contribution >= 4 is 11.6 Å². The lowest BCUT2D eigenvalue weighted by Crippen LogP contribution is -2.14. The zero-order valence-corrected chi connectivity index (χ0v) is 15.3. The maximum absolute atomic E-state index is 12.7. The summed E-state index contributed by atoms with van der Waals surface area (Å²) in [4.78, 5) is 21.2. The molecule has 0 saturated heterocycles. The van der Waals surface area contributed by atoms with Crippen molar-refractivity contribution in [2.75, 3.05) is 5.32 Å². The van der Waals surface area contributed by atoms with Crippen LogP contribution in [0.4, 0.5) is 5.69 Å². The van der Waals surface area contributed by atoms with E-state index < -0.39 is 0 Å². The van der Waals surface area contributed by atoms with Gasteiger partial charge in [-0.15, -0.1) is 0 Å². The molecule has 0 aliphatic heterocycles. The fourth-order valence-corrected chi connectivity index (χ4v) is 2.92. The summed E-state index contributed by atoms with van der Waals surface area (Å²) >= 11 is 0. The molecule has 1 N–H and O–H groups in total. The highest BCUT2D eigenvalue weighted by Crippen LogP contribution is 2.21. The van der Waals surface area contributed by atoms with E-state index in [9.17, 15) is 4.79 Å². The molecule has 4 rings (SSSR count). The third-order valence-electron chi connectivity index (χ3n) is 4.38. The largest absolute Gasteiger partial charge is 0.339 e. The molecule has 0 saturated carbocycles. The molecule has 0 radical (unpaired) electrons. The normalized spacial score (nSPS) is 10.6. The molecular formula is C22H18N4O2. The summed E-state index contributed by atoms with van der Waals surface area (Å²) in [6.45, 7) is 1.92. The van der Waals surface area contributed by atoms with Crippen molar-refractivity contribution in [3.8, 4) is 11.4 Å². The molecule has 0 spiro atoms. The van der Waals surface area contributed by atoms with E-state index in [1.54, 1.807) is 12.4 Å². The van der Waals surface area contributed by atoms with Gasteiger partial charge in [0.1, 0.15) is 0 Å². The third-order valence-corrected chi connectivity index (χ3v) is 4.38. The molecule has 2 aromatic heterocycles. The quantitative estimate of drug-likeness (QED) is 0.567. The predicted molar refractivity (Wildman–Crippen MR) is 106 cm³/mol. The van der Waals surface area contributed by atoms with Crippen molar-refractivity contribution in [3.05, 3.63) is 95.6 Å². The van der Waals surface area contributed by atoms with Crippen molar-refractivity contribution < 1.29 is 9.32 Å². The van der Waals surface area contributed by atoms with Gasteiger partial charge in [-0.2, -0.15) is 4.98 Å². The van der Waals surface area contributed by atoms with E-state index >= 15 is 0 Å². The lowest BCUT2D eigenvalue weighted by molar-refractivity contribution is 0.102. The van der Waals surface area contributed by atoms with Gasteiger partial charge in [-0.05, 0) is 42.3 Å². The first-order valence-electron chi connectivity index (χ1n) is 8.88. The second-order valence-electron chi connectivity index (χ2n) is 6.36. The second kappa shape index (κ2) is 7.84. The van der Waals surface area contributed by atoms with E-state index in [0.29, 0.717) is 23.7 Å². The molecule has 1 amide bonds. The first-order valence-corrected chi connectivity index (χ1v) is 8.88. The summed E-state index contributed by atoms with van der Waals surface area (Å²) in [7, 11) is 0. The standard InChI is InChI=1S/C22H18N4O2/c1-15-7-2-4-10-18(15)22(27)24-19-11-5-3-8-16(19)13-20-25-21(26-28-20)17-9-6-12-23-14-17/h2-12,14H,13H2,1H3,(H,24,27). The van der Waals surface area contributed by atoms with Crippen molar-refractivity contribution in [2.24, 2.45) is 0 Å². The van der Waals surface area contributed by atoms with E-state index in [-0.39, 0.29) is 5.91 Å². The number of aromatic nitrogens is 3. The fraction of sp³-hybridized carbons (Fsp3) is 0.0909. The number of nitrogens with zero attached hydrogens (tertiary/aromatic N) is 3. The van der Waals surface area contributed by atoms with E-state index in [1.807, 2.05) is 67.6 Å². The number of nitrogens with one attached hydrogen (secondary N) is 1. The highest BCUT2D eigenvalue weighted by molar-refractivity contribution is 6.05. The van der Waals surface area contributed by atoms with Crippen LogP contribution in [0.5, 0.6) is 0 Å². The van der Waals surface area contributed by atoms with Crippen LogP contribution in [0.1, 0.15) is 27.4 Å². The third kappa shape index (κ3) is 3.81. The van der Waals surface area contributed by atoms with Gasteiger partial charge >= 0.3 is 0 Å². The number of hydrogen-bond acceptors (Lipinski definition) is 5.